The third-order valence-electron chi connectivity index (χ3n) is 4.10. The Morgan fingerprint density at radius 3 is 2.42 bits per heavy atom. The molecule has 0 aliphatic carbocycles. The van der Waals surface area contributed by atoms with Crippen LogP contribution in [-0.2, 0) is 12.8 Å². The van der Waals surface area contributed by atoms with Gasteiger partial charge in [0.1, 0.15) is 5.75 Å². The van der Waals surface area contributed by atoms with Crippen LogP contribution in [0.5, 0.6) is 17.2 Å². The van der Waals surface area contributed by atoms with Crippen molar-refractivity contribution in [3.05, 3.63) is 16.7 Å². The standard InChI is InChI=1S/C15H21NO3/c1-9(8-16)12-10-4-2-7-19-15(10)13(17)11-5-3-6-18-14(11)12/h9,17H,2-8,16H2,1H3. The number of hydrogen-bond donors (Lipinski definition) is 2. The summed E-state index contributed by atoms with van der Waals surface area (Å²) in [4.78, 5) is 0. The van der Waals surface area contributed by atoms with E-state index in [2.05, 4.69) is 6.92 Å². The zero-order valence-corrected chi connectivity index (χ0v) is 11.4. The minimum atomic E-state index is 0.225. The number of phenols is 1. The maximum atomic E-state index is 10.4. The summed E-state index contributed by atoms with van der Waals surface area (Å²) in [6, 6.07) is 0. The van der Waals surface area contributed by atoms with Crippen LogP contribution in [0.1, 0.15) is 42.4 Å². The molecule has 3 N–H and O–H groups in total. The van der Waals surface area contributed by atoms with Crippen LogP contribution in [0.25, 0.3) is 0 Å². The first kappa shape index (κ1) is 12.6. The maximum Gasteiger partial charge on any atom is 0.164 e. The van der Waals surface area contributed by atoms with E-state index >= 15 is 0 Å². The first-order valence-electron chi connectivity index (χ1n) is 7.10. The quantitative estimate of drug-likeness (QED) is 0.857. The molecule has 4 nitrogen and oxygen atoms in total. The molecule has 1 aromatic carbocycles. The van der Waals surface area contributed by atoms with Crippen LogP contribution in [0.2, 0.25) is 0 Å². The van der Waals surface area contributed by atoms with Gasteiger partial charge in [-0.1, -0.05) is 6.92 Å². The highest BCUT2D eigenvalue weighted by Gasteiger charge is 2.30. The highest BCUT2D eigenvalue weighted by molar-refractivity contribution is 5.64. The molecular formula is C15H21NO3. The van der Waals surface area contributed by atoms with E-state index in [4.69, 9.17) is 15.2 Å². The number of fused-ring (bicyclic) bond motifs is 2. The van der Waals surface area contributed by atoms with Gasteiger partial charge in [-0.05, 0) is 38.1 Å². The molecule has 2 aliphatic heterocycles. The molecule has 4 heteroatoms. The van der Waals surface area contributed by atoms with Crippen LogP contribution in [0.15, 0.2) is 0 Å². The highest BCUT2D eigenvalue weighted by atomic mass is 16.5. The van der Waals surface area contributed by atoms with Gasteiger partial charge in [-0.3, -0.25) is 0 Å². The predicted molar refractivity (Wildman–Crippen MR) is 73.2 cm³/mol. The Bertz CT molecular complexity index is 462. The van der Waals surface area contributed by atoms with Gasteiger partial charge in [0.05, 0.1) is 13.2 Å². The Balaban J connectivity index is 2.25. The smallest absolute Gasteiger partial charge is 0.164 e. The zero-order valence-electron chi connectivity index (χ0n) is 11.4. The predicted octanol–water partition coefficient (Wildman–Crippen LogP) is 2.10. The molecule has 2 heterocycles. The average molecular weight is 263 g/mol. The van der Waals surface area contributed by atoms with Crippen LogP contribution >= 0.6 is 0 Å². The van der Waals surface area contributed by atoms with E-state index in [1.54, 1.807) is 0 Å². The molecule has 0 radical (unpaired) electrons. The fourth-order valence-corrected chi connectivity index (χ4v) is 3.10. The second-order valence-corrected chi connectivity index (χ2v) is 5.42. The summed E-state index contributed by atoms with van der Waals surface area (Å²) in [7, 11) is 0. The molecule has 1 atom stereocenters. The number of ether oxygens (including phenoxy) is 2. The minimum Gasteiger partial charge on any atom is -0.504 e. The lowest BCUT2D eigenvalue weighted by atomic mass is 9.86. The maximum absolute atomic E-state index is 10.4. The van der Waals surface area contributed by atoms with Crippen molar-refractivity contribution >= 4 is 0 Å². The van der Waals surface area contributed by atoms with E-state index in [-0.39, 0.29) is 11.7 Å². The van der Waals surface area contributed by atoms with E-state index in [0.717, 1.165) is 54.7 Å². The fourth-order valence-electron chi connectivity index (χ4n) is 3.10. The van der Waals surface area contributed by atoms with Crippen LogP contribution in [0.3, 0.4) is 0 Å². The van der Waals surface area contributed by atoms with Crippen LogP contribution in [0.4, 0.5) is 0 Å². The lowest BCUT2D eigenvalue weighted by Crippen LogP contribution is -2.20. The van der Waals surface area contributed by atoms with Gasteiger partial charge in [0.25, 0.3) is 0 Å². The summed E-state index contributed by atoms with van der Waals surface area (Å²) in [5.74, 6) is 2.05. The summed E-state index contributed by atoms with van der Waals surface area (Å²) in [6.45, 7) is 4.08. The summed E-state index contributed by atoms with van der Waals surface area (Å²) in [6.07, 6.45) is 3.70. The van der Waals surface area contributed by atoms with Gasteiger partial charge < -0.3 is 20.3 Å². The minimum absolute atomic E-state index is 0.225. The third-order valence-corrected chi connectivity index (χ3v) is 4.10. The van der Waals surface area contributed by atoms with Crippen LogP contribution in [0, 0.1) is 0 Å². The molecule has 0 amide bonds. The third kappa shape index (κ3) is 1.94. The van der Waals surface area contributed by atoms with Crippen molar-refractivity contribution in [3.8, 4) is 17.2 Å². The molecule has 19 heavy (non-hydrogen) atoms. The molecule has 0 fully saturated rings. The molecule has 104 valence electrons. The van der Waals surface area contributed by atoms with E-state index in [0.29, 0.717) is 18.9 Å². The summed E-state index contributed by atoms with van der Waals surface area (Å²) >= 11 is 0. The Morgan fingerprint density at radius 2 is 1.74 bits per heavy atom. The zero-order chi connectivity index (χ0) is 13.4. The van der Waals surface area contributed by atoms with Crippen molar-refractivity contribution in [2.24, 2.45) is 5.73 Å². The SMILES string of the molecule is CC(CN)c1c2c(c(O)c3c1OCCC3)OCCC2. The average Bonchev–Trinajstić information content (AvgIpc) is 2.47. The van der Waals surface area contributed by atoms with Crippen molar-refractivity contribution in [2.45, 2.75) is 38.5 Å². The summed E-state index contributed by atoms with van der Waals surface area (Å²) in [5, 5.41) is 10.4. The van der Waals surface area contributed by atoms with Gasteiger partial charge in [-0.25, -0.2) is 0 Å². The molecule has 0 aromatic heterocycles. The van der Waals surface area contributed by atoms with Gasteiger partial charge in [-0.15, -0.1) is 0 Å². The van der Waals surface area contributed by atoms with Gasteiger partial charge in [0.2, 0.25) is 0 Å². The van der Waals surface area contributed by atoms with Crippen molar-refractivity contribution in [2.75, 3.05) is 19.8 Å². The Hall–Kier alpha value is -1.42. The highest BCUT2D eigenvalue weighted by Crippen LogP contribution is 2.49. The van der Waals surface area contributed by atoms with Crippen molar-refractivity contribution in [1.82, 2.24) is 0 Å². The lowest BCUT2D eigenvalue weighted by molar-refractivity contribution is 0.252. The molecule has 1 aromatic rings. The summed E-state index contributed by atoms with van der Waals surface area (Å²) < 4.78 is 11.6. The number of aromatic hydroxyl groups is 1. The van der Waals surface area contributed by atoms with Crippen molar-refractivity contribution < 1.29 is 14.6 Å². The number of phenolic OH excluding ortho intramolecular Hbond substituents is 1. The fraction of sp³-hybridized carbons (Fsp3) is 0.600. The lowest BCUT2D eigenvalue weighted by Gasteiger charge is -2.30. The van der Waals surface area contributed by atoms with Gasteiger partial charge in [-0.2, -0.15) is 0 Å². The molecule has 0 spiro atoms. The van der Waals surface area contributed by atoms with E-state index in [1.807, 2.05) is 0 Å². The first-order valence-corrected chi connectivity index (χ1v) is 7.10. The Morgan fingerprint density at radius 1 is 1.11 bits per heavy atom. The van der Waals surface area contributed by atoms with E-state index in [1.165, 1.54) is 0 Å². The van der Waals surface area contributed by atoms with Gasteiger partial charge >= 0.3 is 0 Å². The number of benzene rings is 1. The van der Waals surface area contributed by atoms with Crippen molar-refractivity contribution in [1.29, 1.82) is 0 Å². The number of nitrogens with two attached hydrogens (primary N) is 1. The monoisotopic (exact) mass is 263 g/mol. The summed E-state index contributed by atoms with van der Waals surface area (Å²) in [5.41, 5.74) is 9.01. The number of rotatable bonds is 2. The molecule has 0 bridgehead atoms. The van der Waals surface area contributed by atoms with E-state index in [9.17, 15) is 5.11 Å². The molecular weight excluding hydrogens is 242 g/mol. The molecule has 3 rings (SSSR count). The van der Waals surface area contributed by atoms with Crippen LogP contribution in [-0.4, -0.2) is 24.9 Å². The largest absolute Gasteiger partial charge is 0.504 e. The van der Waals surface area contributed by atoms with E-state index < -0.39 is 0 Å². The van der Waals surface area contributed by atoms with Gasteiger partial charge in [0, 0.05) is 16.7 Å². The molecule has 0 saturated heterocycles. The normalized spacial score (nSPS) is 18.8. The Kier molecular flexibility index (Phi) is 3.27. The molecule has 1 unspecified atom stereocenters. The first-order chi connectivity index (χ1) is 9.24. The van der Waals surface area contributed by atoms with Gasteiger partial charge in [0.15, 0.2) is 11.5 Å². The Labute approximate surface area is 113 Å². The van der Waals surface area contributed by atoms with Crippen molar-refractivity contribution in [3.63, 3.8) is 0 Å². The second-order valence-electron chi connectivity index (χ2n) is 5.42. The molecule has 2 aliphatic rings. The molecule has 0 saturated carbocycles. The second kappa shape index (κ2) is 4.93. The number of hydrogen-bond acceptors (Lipinski definition) is 4. The van der Waals surface area contributed by atoms with Crippen LogP contribution < -0.4 is 15.2 Å². The topological polar surface area (TPSA) is 64.7 Å².